The van der Waals surface area contributed by atoms with Gasteiger partial charge in [0, 0.05) is 11.9 Å². The number of amides is 1. The third-order valence-electron chi connectivity index (χ3n) is 5.85. The Labute approximate surface area is 220 Å². The molecule has 5 rings (SSSR count). The van der Waals surface area contributed by atoms with Gasteiger partial charge in [-0.25, -0.2) is 4.98 Å². The number of carbonyl (C=O) groups is 1. The smallest absolute Gasteiger partial charge is 0.362 e. The predicted molar refractivity (Wildman–Crippen MR) is 131 cm³/mol. The van der Waals surface area contributed by atoms with Crippen LogP contribution in [0.15, 0.2) is 65.1 Å². The number of aliphatic imine (C=N–C) groups is 1. The Kier molecular flexibility index (Phi) is 6.92. The van der Waals surface area contributed by atoms with Gasteiger partial charge < -0.3 is 5.32 Å². The normalized spacial score (nSPS) is 15.6. The lowest BCUT2D eigenvalue weighted by atomic mass is 9.92. The molecule has 15 heteroatoms. The third kappa shape index (κ3) is 5.82. The van der Waals surface area contributed by atoms with Crippen LogP contribution in [-0.4, -0.2) is 42.6 Å². The van der Waals surface area contributed by atoms with Gasteiger partial charge in [0.1, 0.15) is 12.7 Å². The average Bonchev–Trinajstić information content (AvgIpc) is 3.62. The number of rotatable bonds is 6. The van der Waals surface area contributed by atoms with E-state index in [9.17, 15) is 31.1 Å². The maximum atomic E-state index is 13.9. The molecule has 0 radical (unpaired) electrons. The van der Waals surface area contributed by atoms with Crippen LogP contribution in [0, 0.1) is 0 Å². The second-order valence-electron chi connectivity index (χ2n) is 8.43. The Morgan fingerprint density at radius 2 is 1.87 bits per heavy atom. The van der Waals surface area contributed by atoms with Gasteiger partial charge in [-0.05, 0) is 59.1 Å². The summed E-state index contributed by atoms with van der Waals surface area (Å²) in [6.45, 7) is 0.751. The van der Waals surface area contributed by atoms with Crippen molar-refractivity contribution in [3.8, 4) is 0 Å². The summed E-state index contributed by atoms with van der Waals surface area (Å²) >= 11 is 0.945. The molecule has 0 bridgehead atoms. The number of thioether (sulfide) groups is 1. The van der Waals surface area contributed by atoms with Crippen LogP contribution in [0.1, 0.15) is 22.3 Å². The van der Waals surface area contributed by atoms with Crippen molar-refractivity contribution in [3.63, 3.8) is 0 Å². The van der Waals surface area contributed by atoms with Gasteiger partial charge in [-0.15, -0.1) is 0 Å². The van der Waals surface area contributed by atoms with Gasteiger partial charge in [0.05, 0.1) is 34.3 Å². The van der Waals surface area contributed by atoms with Crippen molar-refractivity contribution in [2.45, 2.75) is 25.3 Å². The Balaban J connectivity index is 1.52. The standard InChI is InChI=1S/C24H17F6N7OS/c25-23(26,27)16-3-1-14(18(9-16)24(28,29)30)8-17(13-2-4-19-15(7-13)10-33-36-19)20-21(38)35-22(39-20)32-5-6-37-12-31-11-34-37/h1-4,7,9-12H,5-6,8H2,(H,33,36)(H,32,35,38). The van der Waals surface area contributed by atoms with Gasteiger partial charge >= 0.3 is 12.4 Å². The highest BCUT2D eigenvalue weighted by atomic mass is 32.2. The summed E-state index contributed by atoms with van der Waals surface area (Å²) in [5.41, 5.74) is -2.00. The zero-order valence-electron chi connectivity index (χ0n) is 19.6. The molecule has 2 aromatic carbocycles. The second-order valence-corrected chi connectivity index (χ2v) is 9.43. The molecule has 39 heavy (non-hydrogen) atoms. The number of halogens is 6. The van der Waals surface area contributed by atoms with Gasteiger partial charge in [-0.3, -0.25) is 14.6 Å². The topological polar surface area (TPSA) is 101 Å². The number of nitrogens with one attached hydrogen (secondary N) is 2. The van der Waals surface area contributed by atoms with Crippen LogP contribution in [0.4, 0.5) is 26.3 Å². The molecule has 4 aromatic rings. The molecule has 8 nitrogen and oxygen atoms in total. The molecule has 1 aliphatic heterocycles. The van der Waals surface area contributed by atoms with E-state index in [0.717, 1.165) is 17.8 Å². The van der Waals surface area contributed by atoms with Crippen molar-refractivity contribution in [2.75, 3.05) is 6.54 Å². The van der Waals surface area contributed by atoms with E-state index >= 15 is 0 Å². The Morgan fingerprint density at radius 1 is 1.05 bits per heavy atom. The summed E-state index contributed by atoms with van der Waals surface area (Å²) in [6.07, 6.45) is -6.09. The molecule has 2 aromatic heterocycles. The highest BCUT2D eigenvalue weighted by Gasteiger charge is 2.38. The number of hydrogen-bond donors (Lipinski definition) is 2. The molecule has 3 heterocycles. The quantitative estimate of drug-likeness (QED) is 0.250. The van der Waals surface area contributed by atoms with Gasteiger partial charge in [-0.2, -0.15) is 41.5 Å². The fourth-order valence-corrected chi connectivity index (χ4v) is 4.95. The number of benzene rings is 2. The van der Waals surface area contributed by atoms with E-state index in [-0.39, 0.29) is 21.7 Å². The fourth-order valence-electron chi connectivity index (χ4n) is 4.00. The lowest BCUT2D eigenvalue weighted by molar-refractivity contribution is -0.143. The van der Waals surface area contributed by atoms with Crippen LogP contribution in [0.2, 0.25) is 0 Å². The molecule has 0 saturated carbocycles. The molecule has 0 atom stereocenters. The number of amidine groups is 1. The number of nitrogens with zero attached hydrogens (tertiary/aromatic N) is 5. The number of aromatic amines is 1. The molecule has 2 N–H and O–H groups in total. The fraction of sp³-hybridized carbons (Fsp3) is 0.208. The van der Waals surface area contributed by atoms with E-state index in [1.54, 1.807) is 22.9 Å². The molecule has 0 spiro atoms. The Hall–Kier alpha value is -4.14. The largest absolute Gasteiger partial charge is 0.416 e. The molecular weight excluding hydrogens is 548 g/mol. The minimum atomic E-state index is -5.06. The number of H-pyrrole nitrogens is 1. The number of carbonyl (C=O) groups excluding carboxylic acids is 1. The maximum Gasteiger partial charge on any atom is 0.416 e. The molecule has 0 fully saturated rings. The van der Waals surface area contributed by atoms with Crippen LogP contribution >= 0.6 is 11.8 Å². The van der Waals surface area contributed by atoms with Gasteiger partial charge in [0.25, 0.3) is 5.91 Å². The first-order valence-electron chi connectivity index (χ1n) is 11.3. The first kappa shape index (κ1) is 26.5. The lowest BCUT2D eigenvalue weighted by Gasteiger charge is -2.18. The molecule has 1 amide bonds. The van der Waals surface area contributed by atoms with Crippen molar-refractivity contribution < 1.29 is 31.1 Å². The van der Waals surface area contributed by atoms with Gasteiger partial charge in [0.15, 0.2) is 5.17 Å². The van der Waals surface area contributed by atoms with E-state index in [0.29, 0.717) is 35.6 Å². The highest BCUT2D eigenvalue weighted by molar-refractivity contribution is 8.18. The number of alkyl halides is 6. The number of hydrogen-bond acceptors (Lipinski definition) is 6. The monoisotopic (exact) mass is 565 g/mol. The molecular formula is C24H17F6N7OS. The molecule has 0 aliphatic carbocycles. The van der Waals surface area contributed by atoms with Crippen molar-refractivity contribution in [3.05, 3.63) is 82.4 Å². The van der Waals surface area contributed by atoms with E-state index in [1.165, 1.54) is 18.9 Å². The Bertz CT molecular complexity index is 1590. The number of fused-ring (bicyclic) bond motifs is 1. The predicted octanol–water partition coefficient (Wildman–Crippen LogP) is 5.07. The van der Waals surface area contributed by atoms with Crippen molar-refractivity contribution >= 4 is 39.3 Å². The van der Waals surface area contributed by atoms with Crippen LogP contribution in [0.25, 0.3) is 16.5 Å². The molecule has 202 valence electrons. The first-order chi connectivity index (χ1) is 18.5. The minimum absolute atomic E-state index is 0.0640. The van der Waals surface area contributed by atoms with Crippen LogP contribution < -0.4 is 5.32 Å². The summed E-state index contributed by atoms with van der Waals surface area (Å²) in [7, 11) is 0. The van der Waals surface area contributed by atoms with Crippen molar-refractivity contribution in [2.24, 2.45) is 4.99 Å². The summed E-state index contributed by atoms with van der Waals surface area (Å²) in [5.74, 6) is -0.675. The van der Waals surface area contributed by atoms with Gasteiger partial charge in [-0.1, -0.05) is 12.1 Å². The Morgan fingerprint density at radius 3 is 2.59 bits per heavy atom. The molecule has 1 aliphatic rings. The third-order valence-corrected chi connectivity index (χ3v) is 6.91. The van der Waals surface area contributed by atoms with E-state index in [1.807, 2.05) is 0 Å². The lowest BCUT2D eigenvalue weighted by Crippen LogP contribution is -2.24. The van der Waals surface area contributed by atoms with Crippen molar-refractivity contribution in [1.82, 2.24) is 30.3 Å². The zero-order valence-corrected chi connectivity index (χ0v) is 20.5. The molecule has 0 unspecified atom stereocenters. The van der Waals surface area contributed by atoms with Crippen LogP contribution in [0.3, 0.4) is 0 Å². The SMILES string of the molecule is O=C1N=C(NCCn2cncn2)SC1=C(Cc1ccc(C(F)(F)F)cc1C(F)(F)F)c1ccc2[nH]ncc2c1. The van der Waals surface area contributed by atoms with Crippen molar-refractivity contribution in [1.29, 1.82) is 0 Å². The van der Waals surface area contributed by atoms with Crippen LogP contribution in [0.5, 0.6) is 0 Å². The first-order valence-corrected chi connectivity index (χ1v) is 12.1. The van der Waals surface area contributed by atoms with Gasteiger partial charge in [0.2, 0.25) is 0 Å². The van der Waals surface area contributed by atoms with Crippen LogP contribution in [-0.2, 0) is 30.1 Å². The summed E-state index contributed by atoms with van der Waals surface area (Å²) < 4.78 is 82.8. The van der Waals surface area contributed by atoms with E-state index in [4.69, 9.17) is 0 Å². The second kappa shape index (κ2) is 10.2. The maximum absolute atomic E-state index is 13.9. The summed E-state index contributed by atoms with van der Waals surface area (Å²) in [5, 5.41) is 14.5. The average molecular weight is 566 g/mol. The summed E-state index contributed by atoms with van der Waals surface area (Å²) in [4.78, 5) is 20.8. The van der Waals surface area contributed by atoms with E-state index in [2.05, 4.69) is 30.6 Å². The number of allylic oxidation sites excluding steroid dienone is 1. The molecule has 0 saturated heterocycles. The number of aromatic nitrogens is 5. The minimum Gasteiger partial charge on any atom is -0.362 e. The highest BCUT2D eigenvalue weighted by Crippen LogP contribution is 2.41. The van der Waals surface area contributed by atoms with E-state index < -0.39 is 41.4 Å². The summed E-state index contributed by atoms with van der Waals surface area (Å²) in [6, 6.07) is 6.38. The zero-order chi connectivity index (χ0) is 27.8.